The van der Waals surface area contributed by atoms with Crippen molar-refractivity contribution < 1.29 is 223 Å². The Morgan fingerprint density at radius 3 is 1.23 bits per heavy atom. The minimum absolute atomic E-state index is 0. The first-order valence-corrected chi connectivity index (χ1v) is 32.7. The van der Waals surface area contributed by atoms with Gasteiger partial charge in [0.25, 0.3) is 5.97 Å². The monoisotopic (exact) mass is 1770 g/mol. The third kappa shape index (κ3) is 73.1. The maximum atomic E-state index is 13.6. The molecule has 1 aromatic carbocycles. The van der Waals surface area contributed by atoms with Gasteiger partial charge in [-0.2, -0.15) is 0 Å². The van der Waals surface area contributed by atoms with E-state index in [-0.39, 0.29) is 280 Å². The quantitative estimate of drug-likeness (QED) is 0.0136. The Morgan fingerprint density at radius 2 is 0.835 bits per heavy atom. The van der Waals surface area contributed by atoms with Gasteiger partial charge in [-0.25, -0.2) is 0 Å². The minimum atomic E-state index is -2.08. The summed E-state index contributed by atoms with van der Waals surface area (Å²) in [6, 6.07) is 3.16. The molecule has 632 valence electrons. The molecule has 0 radical (unpaired) electrons. The van der Waals surface area contributed by atoms with Crippen molar-refractivity contribution in [3.05, 3.63) is 53.5 Å². The number of unbranched alkanes of at least 4 members (excludes halogenated alkanes) is 2. The second kappa shape index (κ2) is 82.6. The topological polar surface area (TPSA) is 584 Å². The maximum absolute atomic E-state index is 13.6. The fourth-order valence-corrected chi connectivity index (χ4v) is 7.58. The van der Waals surface area contributed by atoms with E-state index in [2.05, 4.69) is 31.9 Å². The standard InChI is InChI=1S/C63H105N6O35.2H2N.Na.H2O.Pt/c1-49(2)23-54(62(78)69-55(24-51-11-7-5-8-12-51)61(77)65-26-60(76)68-56(27-70)63(79)80)67-59(75)25-64-57(73)15-16-58(74)66-53(50(3)71)14-10-6-9-13-52(72)17-18-82-21-22-84-29-86-31-88-33-90-35-92-37-94-39-96-41-98-43-100-45-102-47-104-48-103-46-101-44-99-42-97-40-95-38-93-36-91-34-89-32-87-30-85-28-83-20-19-81-4;;;;;/h5,7-8,11-12,49,53-56H,6,9-10,13-26,28-48H2,1-4H3,(H7,64,65,66,67,68,69,73,74,75,76,77,78,79,80);2*1H2;;1H2;/q3*-1;+1;;/p-2. The second-order valence-corrected chi connectivity index (χ2v) is 21.5. The third-order valence-electron chi connectivity index (χ3n) is 12.4. The van der Waals surface area contributed by atoms with Crippen LogP contribution < -0.4 is 56.1 Å². The number of ether oxygens (including phenoxy) is 24. The van der Waals surface area contributed by atoms with Crippen LogP contribution in [-0.2, 0) is 189 Å². The van der Waals surface area contributed by atoms with E-state index in [0.717, 1.165) is 6.29 Å². The predicted molar refractivity (Wildman–Crippen MR) is 361 cm³/mol. The van der Waals surface area contributed by atoms with Crippen molar-refractivity contribution in [1.29, 1.82) is 0 Å². The summed E-state index contributed by atoms with van der Waals surface area (Å²) < 4.78 is 123. The average molecular weight is 1770 g/mol. The summed E-state index contributed by atoms with van der Waals surface area (Å²) in [7, 11) is 1.58. The van der Waals surface area contributed by atoms with Crippen LogP contribution in [0.5, 0.6) is 0 Å². The van der Waals surface area contributed by atoms with Crippen molar-refractivity contribution >= 4 is 59.3 Å². The molecule has 0 heterocycles. The molecule has 0 aromatic heterocycles. The largest absolute Gasteiger partial charge is 1.00 e. The Balaban J connectivity index is -0.00000721. The number of methoxy groups -OCH3 is 1. The molecule has 4 unspecified atom stereocenters. The van der Waals surface area contributed by atoms with Crippen LogP contribution in [0.1, 0.15) is 84.1 Å². The molecular formula is C63H109N8NaO36Pt-4. The van der Waals surface area contributed by atoms with E-state index in [4.69, 9.17) is 119 Å². The van der Waals surface area contributed by atoms with E-state index in [1.54, 1.807) is 51.3 Å². The van der Waals surface area contributed by atoms with Crippen molar-refractivity contribution in [1.82, 2.24) is 26.6 Å². The molecule has 44 nitrogen and oxygen atoms in total. The number of rotatable bonds is 77. The molecule has 46 heteroatoms. The number of hydrogen-bond donors (Lipinski definition) is 6. The van der Waals surface area contributed by atoms with Gasteiger partial charge in [-0.1, -0.05) is 57.0 Å². The van der Waals surface area contributed by atoms with E-state index in [1.807, 2.05) is 0 Å². The fourth-order valence-electron chi connectivity index (χ4n) is 7.58. The van der Waals surface area contributed by atoms with Crippen LogP contribution in [0.15, 0.2) is 30.3 Å². The number of ketones is 2. The van der Waals surface area contributed by atoms with E-state index in [0.29, 0.717) is 50.9 Å². The summed E-state index contributed by atoms with van der Waals surface area (Å²) in [4.78, 5) is 124. The first kappa shape index (κ1) is 113. The average Bonchev–Trinajstić information content (AvgIpc) is 0.865. The molecule has 0 saturated carbocycles. The number of aliphatic carboxylic acids is 1. The van der Waals surface area contributed by atoms with Crippen molar-refractivity contribution in [2.45, 2.75) is 109 Å². The van der Waals surface area contributed by atoms with Gasteiger partial charge in [0.05, 0.1) is 58.1 Å². The van der Waals surface area contributed by atoms with Crippen LogP contribution >= 0.6 is 0 Å². The third-order valence-corrected chi connectivity index (χ3v) is 12.4. The number of carbonyl (C=O) groups excluding carboxylic acids is 9. The van der Waals surface area contributed by atoms with Crippen LogP contribution in [0.4, 0.5) is 0 Å². The first-order valence-electron chi connectivity index (χ1n) is 32.7. The zero-order valence-corrected chi connectivity index (χ0v) is 66.6. The Hall–Kier alpha value is -4.87. The normalized spacial score (nSPS) is 11.9. The maximum Gasteiger partial charge on any atom is 1.00 e. The molecule has 11 N–H and O–H groups in total. The molecule has 109 heavy (non-hydrogen) atoms. The molecule has 1 aromatic rings. The Morgan fingerprint density at radius 1 is 0.440 bits per heavy atom. The van der Waals surface area contributed by atoms with Gasteiger partial charge in [0.1, 0.15) is 31.5 Å². The molecule has 6 amide bonds. The number of amides is 6. The fraction of sp³-hybridized carbons (Fsp3) is 0.746. The molecule has 0 bridgehead atoms. The number of benzene rings is 1. The van der Waals surface area contributed by atoms with Gasteiger partial charge in [0.15, 0.2) is 135 Å². The van der Waals surface area contributed by atoms with Crippen molar-refractivity contribution in [2.75, 3.05) is 196 Å². The van der Waals surface area contributed by atoms with Gasteiger partial charge in [-0.05, 0) is 37.7 Å². The molecule has 0 aliphatic heterocycles. The summed E-state index contributed by atoms with van der Waals surface area (Å²) in [5.74, 6) is -6.84. The van der Waals surface area contributed by atoms with Crippen molar-refractivity contribution in [3.8, 4) is 0 Å². The van der Waals surface area contributed by atoms with E-state index < -0.39 is 78.7 Å². The van der Waals surface area contributed by atoms with Gasteiger partial charge in [0, 0.05) is 60.3 Å². The smallest absolute Gasteiger partial charge is 0.870 e. The van der Waals surface area contributed by atoms with E-state index >= 15 is 0 Å². The number of nitrogens with two attached hydrogens (primary N) is 2. The van der Waals surface area contributed by atoms with E-state index in [1.165, 1.54) is 6.92 Å². The van der Waals surface area contributed by atoms with Crippen LogP contribution in [0.3, 0.4) is 0 Å². The van der Waals surface area contributed by atoms with Crippen LogP contribution in [-0.4, -0.2) is 290 Å². The predicted octanol–water partition coefficient (Wildman–Crippen LogP) is -1.90. The molecule has 0 fully saturated rings. The number of Topliss-reactive ketones (excluding diaryl/α,β-unsaturated/α-hetero) is 2. The SMILES string of the molecule is COCCOCOCOCOCOCOCOCOCOCOCOCOCOCOCOCOCOCOCOCOCOCOCCOCCC(=O)CCCCCC(NC(=O)CCC(=O)NCC(=O)NC(CC(C)C)C(=O)NC(Cc1ccccc1)C(=O)NCC(=O)[N-]C([C-]=O)C(=O)O)C(C)=O.[NH2-].[NH2-].[Na+].[OH-].[Pt]. The van der Waals surface area contributed by atoms with Crippen LogP contribution in [0, 0.1) is 5.92 Å². The van der Waals surface area contributed by atoms with Gasteiger partial charge in [-0.3, -0.25) is 44.6 Å². The number of nitrogens with zero attached hydrogens (tertiary/aromatic N) is 1. The van der Waals surface area contributed by atoms with Crippen LogP contribution in [0.25, 0.3) is 17.6 Å². The summed E-state index contributed by atoms with van der Waals surface area (Å²) in [5.41, 5.74) is 0.622. The summed E-state index contributed by atoms with van der Waals surface area (Å²) in [6.45, 7) is 3.40. The Kier molecular flexibility index (Phi) is 85.4. The number of carboxylic acid groups (broad SMARTS) is 1. The number of hydrogen-bond acceptors (Lipinski definition) is 35. The number of carboxylic acids is 1. The van der Waals surface area contributed by atoms with Gasteiger partial charge in [-0.15, -0.1) is 6.04 Å². The first-order chi connectivity index (χ1) is 50.6. The molecule has 1 rings (SSSR count). The Labute approximate surface area is 669 Å². The zero-order valence-electron chi connectivity index (χ0n) is 62.3. The van der Waals surface area contributed by atoms with Gasteiger partial charge >= 0.3 is 29.6 Å². The molecule has 0 spiro atoms. The number of carbonyl (C=O) groups is 9. The summed E-state index contributed by atoms with van der Waals surface area (Å²) in [6.07, 6.45) is 3.09. The van der Waals surface area contributed by atoms with Crippen molar-refractivity contribution in [2.24, 2.45) is 5.92 Å². The van der Waals surface area contributed by atoms with Gasteiger partial charge < -0.3 is 178 Å². The second-order valence-electron chi connectivity index (χ2n) is 21.5. The summed E-state index contributed by atoms with van der Waals surface area (Å²) in [5, 5.41) is 24.6. The number of nitrogens with one attached hydrogen (secondary N) is 5. The zero-order chi connectivity index (χ0) is 76.0. The van der Waals surface area contributed by atoms with Crippen molar-refractivity contribution in [3.63, 3.8) is 0 Å². The molecular weight excluding hydrogens is 1660 g/mol. The molecule has 0 aliphatic rings. The van der Waals surface area contributed by atoms with Crippen LogP contribution in [0.2, 0.25) is 0 Å². The molecule has 0 saturated heterocycles. The molecule has 0 aliphatic carbocycles. The Bertz CT molecular complexity index is 2400. The van der Waals surface area contributed by atoms with Gasteiger partial charge in [0.2, 0.25) is 29.5 Å². The van der Waals surface area contributed by atoms with E-state index in [9.17, 15) is 47.9 Å². The molecule has 4 atom stereocenters. The minimum Gasteiger partial charge on any atom is -0.870 e. The summed E-state index contributed by atoms with van der Waals surface area (Å²) >= 11 is 0.